The Balaban J connectivity index is 2.74. The summed E-state index contributed by atoms with van der Waals surface area (Å²) in [7, 11) is 3.30. The fourth-order valence-corrected chi connectivity index (χ4v) is 3.16. The highest BCUT2D eigenvalue weighted by Gasteiger charge is 2.24. The van der Waals surface area contributed by atoms with E-state index < -0.39 is 5.82 Å². The Labute approximate surface area is 161 Å². The molecule has 0 spiro atoms. The Bertz CT molecular complexity index is 907. The second-order valence-electron chi connectivity index (χ2n) is 6.37. The topological polar surface area (TPSA) is 54.3 Å². The Morgan fingerprint density at radius 2 is 1.96 bits per heavy atom. The van der Waals surface area contributed by atoms with Crippen LogP contribution in [-0.2, 0) is 6.54 Å². The fourth-order valence-electron chi connectivity index (χ4n) is 2.82. The third kappa shape index (κ3) is 3.82. The van der Waals surface area contributed by atoms with Crippen LogP contribution in [0.25, 0.3) is 0 Å². The van der Waals surface area contributed by atoms with Crippen molar-refractivity contribution in [3.63, 3.8) is 0 Å². The first kappa shape index (κ1) is 20.2. The van der Waals surface area contributed by atoms with Gasteiger partial charge in [0, 0.05) is 36.4 Å². The molecule has 1 amide bonds. The number of nitrogens with zero attached hydrogens (tertiary/aromatic N) is 2. The van der Waals surface area contributed by atoms with Crippen molar-refractivity contribution in [3.8, 4) is 0 Å². The molecule has 2 aromatic rings. The van der Waals surface area contributed by atoms with Gasteiger partial charge < -0.3 is 14.8 Å². The van der Waals surface area contributed by atoms with Crippen LogP contribution in [0.3, 0.4) is 0 Å². The van der Waals surface area contributed by atoms with Gasteiger partial charge in [-0.25, -0.2) is 4.39 Å². The maximum Gasteiger partial charge on any atom is 0.257 e. The first-order valence-electron chi connectivity index (χ1n) is 8.36. The van der Waals surface area contributed by atoms with Crippen molar-refractivity contribution in [2.45, 2.75) is 33.7 Å². The molecular formula is C19H23BrFN3O2. The van der Waals surface area contributed by atoms with Gasteiger partial charge in [-0.05, 0) is 38.5 Å². The van der Waals surface area contributed by atoms with Crippen LogP contribution < -0.4 is 10.9 Å². The molecule has 140 valence electrons. The maximum atomic E-state index is 14.3. The molecule has 1 heterocycles. The van der Waals surface area contributed by atoms with Gasteiger partial charge in [0.25, 0.3) is 11.5 Å². The summed E-state index contributed by atoms with van der Waals surface area (Å²) in [5.74, 6) is -0.715. The van der Waals surface area contributed by atoms with Crippen LogP contribution in [0.2, 0.25) is 0 Å². The molecule has 0 unspecified atom stereocenters. The lowest BCUT2D eigenvalue weighted by molar-refractivity contribution is 0.0826. The number of nitrogens with one attached hydrogen (secondary N) is 1. The lowest BCUT2D eigenvalue weighted by Gasteiger charge is -2.22. The highest BCUT2D eigenvalue weighted by Crippen LogP contribution is 2.29. The first-order chi connectivity index (χ1) is 12.2. The first-order valence-corrected chi connectivity index (χ1v) is 9.16. The third-order valence-corrected chi connectivity index (χ3v) is 4.71. The average Bonchev–Trinajstić information content (AvgIpc) is 2.58. The molecule has 0 atom stereocenters. The van der Waals surface area contributed by atoms with Gasteiger partial charge in [-0.2, -0.15) is 0 Å². The molecule has 2 rings (SSSR count). The van der Waals surface area contributed by atoms with Gasteiger partial charge in [0.1, 0.15) is 5.82 Å². The number of benzene rings is 1. The highest BCUT2D eigenvalue weighted by molar-refractivity contribution is 9.10. The van der Waals surface area contributed by atoms with Crippen molar-refractivity contribution in [3.05, 3.63) is 55.7 Å². The molecule has 0 aliphatic heterocycles. The minimum absolute atomic E-state index is 0.181. The van der Waals surface area contributed by atoms with Gasteiger partial charge >= 0.3 is 0 Å². The largest absolute Gasteiger partial charge is 0.352 e. The second kappa shape index (κ2) is 8.03. The molecule has 0 bridgehead atoms. The Kier molecular flexibility index (Phi) is 6.23. The predicted molar refractivity (Wildman–Crippen MR) is 106 cm³/mol. The van der Waals surface area contributed by atoms with Crippen molar-refractivity contribution >= 4 is 33.2 Å². The number of anilines is 2. The van der Waals surface area contributed by atoms with Crippen LogP contribution >= 0.6 is 15.9 Å². The maximum absolute atomic E-state index is 14.3. The van der Waals surface area contributed by atoms with Gasteiger partial charge in [-0.1, -0.05) is 22.9 Å². The van der Waals surface area contributed by atoms with Crippen LogP contribution in [0.1, 0.15) is 35.0 Å². The second-order valence-corrected chi connectivity index (χ2v) is 7.28. The minimum atomic E-state index is -0.475. The lowest BCUT2D eigenvalue weighted by atomic mass is 10.0. The summed E-state index contributed by atoms with van der Waals surface area (Å²) in [4.78, 5) is 27.0. The van der Waals surface area contributed by atoms with Gasteiger partial charge in [0.05, 0.1) is 16.9 Å². The van der Waals surface area contributed by atoms with Crippen molar-refractivity contribution < 1.29 is 9.18 Å². The average molecular weight is 424 g/mol. The van der Waals surface area contributed by atoms with Crippen LogP contribution in [0, 0.1) is 19.7 Å². The molecule has 7 heteroatoms. The summed E-state index contributed by atoms with van der Waals surface area (Å²) in [5, 5.41) is 2.97. The van der Waals surface area contributed by atoms with E-state index in [2.05, 4.69) is 21.2 Å². The Morgan fingerprint density at radius 3 is 2.50 bits per heavy atom. The number of carbonyl (C=O) groups is 1. The number of carbonyl (C=O) groups excluding carboxylic acids is 1. The summed E-state index contributed by atoms with van der Waals surface area (Å²) >= 11 is 3.22. The highest BCUT2D eigenvalue weighted by atomic mass is 79.9. The molecule has 1 aromatic carbocycles. The zero-order chi connectivity index (χ0) is 19.6. The van der Waals surface area contributed by atoms with E-state index in [1.165, 1.54) is 11.0 Å². The van der Waals surface area contributed by atoms with Crippen LogP contribution in [0.4, 0.5) is 15.8 Å². The zero-order valence-electron chi connectivity index (χ0n) is 15.6. The summed E-state index contributed by atoms with van der Waals surface area (Å²) in [6.07, 6.45) is 0.768. The van der Waals surface area contributed by atoms with E-state index in [4.69, 9.17) is 0 Å². The van der Waals surface area contributed by atoms with Crippen molar-refractivity contribution in [2.75, 3.05) is 19.4 Å². The van der Waals surface area contributed by atoms with Crippen molar-refractivity contribution in [2.24, 2.45) is 0 Å². The number of hydrogen-bond donors (Lipinski definition) is 1. The van der Waals surface area contributed by atoms with Crippen molar-refractivity contribution in [1.29, 1.82) is 0 Å². The summed E-state index contributed by atoms with van der Waals surface area (Å²) in [6.45, 7) is 5.89. The molecule has 26 heavy (non-hydrogen) atoms. The normalized spacial score (nSPS) is 10.7. The Morgan fingerprint density at radius 1 is 1.31 bits per heavy atom. The standard InChI is InChI=1S/C19H23BrFN3O2/c1-6-9-24-12(3)16(19(26)23(4)5)17(11(2)18(24)25)22-15-8-7-13(20)10-14(15)21/h7-8,10,22H,6,9H2,1-5H3. The molecule has 0 saturated carbocycles. The Hall–Kier alpha value is -2.15. The molecule has 1 aromatic heterocycles. The predicted octanol–water partition coefficient (Wildman–Crippen LogP) is 4.22. The molecule has 0 fully saturated rings. The smallest absolute Gasteiger partial charge is 0.257 e. The van der Waals surface area contributed by atoms with E-state index in [9.17, 15) is 14.0 Å². The summed E-state index contributed by atoms with van der Waals surface area (Å²) < 4.78 is 16.5. The molecule has 0 saturated heterocycles. The van der Waals surface area contributed by atoms with Gasteiger partial charge in [0.15, 0.2) is 0 Å². The van der Waals surface area contributed by atoms with E-state index >= 15 is 0 Å². The number of pyridine rings is 1. The zero-order valence-corrected chi connectivity index (χ0v) is 17.2. The van der Waals surface area contributed by atoms with E-state index in [0.29, 0.717) is 33.5 Å². The van der Waals surface area contributed by atoms with E-state index in [1.807, 2.05) is 6.92 Å². The monoisotopic (exact) mass is 423 g/mol. The fraction of sp³-hybridized carbons (Fsp3) is 0.368. The van der Waals surface area contributed by atoms with Crippen LogP contribution in [0.15, 0.2) is 27.5 Å². The molecule has 0 aliphatic carbocycles. The summed E-state index contributed by atoms with van der Waals surface area (Å²) in [6, 6.07) is 4.59. The van der Waals surface area contributed by atoms with E-state index in [1.54, 1.807) is 44.6 Å². The van der Waals surface area contributed by atoms with Crippen molar-refractivity contribution in [1.82, 2.24) is 9.47 Å². The SMILES string of the molecule is CCCn1c(C)c(C(=O)N(C)C)c(Nc2ccc(Br)cc2F)c(C)c1=O. The number of amides is 1. The molecule has 5 nitrogen and oxygen atoms in total. The number of halogens is 2. The molecule has 0 aliphatic rings. The van der Waals surface area contributed by atoms with E-state index in [-0.39, 0.29) is 17.2 Å². The molecule has 0 radical (unpaired) electrons. The van der Waals surface area contributed by atoms with Gasteiger partial charge in [-0.15, -0.1) is 0 Å². The molecule has 1 N–H and O–H groups in total. The summed E-state index contributed by atoms with van der Waals surface area (Å²) in [5.41, 5.74) is 1.70. The minimum Gasteiger partial charge on any atom is -0.352 e. The van der Waals surface area contributed by atoms with Crippen LogP contribution in [-0.4, -0.2) is 29.5 Å². The molecular weight excluding hydrogens is 401 g/mol. The van der Waals surface area contributed by atoms with Gasteiger partial charge in [0.2, 0.25) is 0 Å². The number of rotatable bonds is 5. The lowest BCUT2D eigenvalue weighted by Crippen LogP contribution is -2.32. The van der Waals surface area contributed by atoms with E-state index in [0.717, 1.165) is 6.42 Å². The number of aromatic nitrogens is 1. The van der Waals surface area contributed by atoms with Crippen LogP contribution in [0.5, 0.6) is 0 Å². The third-order valence-electron chi connectivity index (χ3n) is 4.22. The number of hydrogen-bond acceptors (Lipinski definition) is 3. The van der Waals surface area contributed by atoms with Gasteiger partial charge in [-0.3, -0.25) is 9.59 Å². The quantitative estimate of drug-likeness (QED) is 0.782.